The predicted molar refractivity (Wildman–Crippen MR) is 77.7 cm³/mol. The largest absolute Gasteiger partial charge is 0.477 e. The highest BCUT2D eigenvalue weighted by Gasteiger charge is 2.31. The number of para-hydroxylation sites is 1. The van der Waals surface area contributed by atoms with Crippen molar-refractivity contribution >= 4 is 16.9 Å². The number of carbonyl (C=O) groups is 1. The van der Waals surface area contributed by atoms with Crippen LogP contribution in [0.15, 0.2) is 47.1 Å². The third-order valence-corrected chi connectivity index (χ3v) is 3.53. The van der Waals surface area contributed by atoms with Crippen LogP contribution in [0.3, 0.4) is 0 Å². The lowest BCUT2D eigenvalue weighted by Crippen LogP contribution is -2.16. The number of carboxylic acids is 1. The second-order valence-electron chi connectivity index (χ2n) is 4.85. The highest BCUT2D eigenvalue weighted by Crippen LogP contribution is 2.34. The van der Waals surface area contributed by atoms with Gasteiger partial charge in [-0.25, -0.2) is 4.79 Å². The number of fused-ring (bicyclic) bond motifs is 1. The van der Waals surface area contributed by atoms with Crippen LogP contribution < -0.4 is 0 Å². The van der Waals surface area contributed by atoms with Gasteiger partial charge in [0, 0.05) is 21.4 Å². The summed E-state index contributed by atoms with van der Waals surface area (Å²) < 4.78 is 5.29. The lowest BCUT2D eigenvalue weighted by atomic mass is 9.93. The van der Waals surface area contributed by atoms with Gasteiger partial charge in [-0.2, -0.15) is 0 Å². The minimum atomic E-state index is -1.16. The molecule has 3 aromatic rings. The molecule has 1 unspecified atom stereocenters. The van der Waals surface area contributed by atoms with E-state index in [9.17, 15) is 20.0 Å². The highest BCUT2D eigenvalue weighted by atomic mass is 16.6. The number of aromatic carboxylic acids is 1. The number of nitro groups is 1. The molecule has 7 nitrogen and oxygen atoms in total. The van der Waals surface area contributed by atoms with Crippen molar-refractivity contribution in [3.8, 4) is 0 Å². The van der Waals surface area contributed by atoms with E-state index in [2.05, 4.69) is 4.98 Å². The van der Waals surface area contributed by atoms with E-state index >= 15 is 0 Å². The molecule has 22 heavy (non-hydrogen) atoms. The number of aromatic amines is 1. The summed E-state index contributed by atoms with van der Waals surface area (Å²) in [5.41, 5.74) is 0.939. The van der Waals surface area contributed by atoms with E-state index in [0.717, 1.165) is 0 Å². The van der Waals surface area contributed by atoms with E-state index in [-0.39, 0.29) is 5.69 Å². The smallest absolute Gasteiger partial charge is 0.352 e. The molecular weight excluding hydrogens is 288 g/mol. The number of nitrogens with one attached hydrogen (secondary N) is 1. The molecule has 3 rings (SSSR count). The topological polar surface area (TPSA) is 109 Å². The Morgan fingerprint density at radius 2 is 2.09 bits per heavy atom. The molecule has 1 aromatic carbocycles. The van der Waals surface area contributed by atoms with Crippen LogP contribution in [0.5, 0.6) is 0 Å². The molecular formula is C15H12N2O5. The van der Waals surface area contributed by atoms with Crippen molar-refractivity contribution in [1.82, 2.24) is 4.98 Å². The molecule has 7 heteroatoms. The van der Waals surface area contributed by atoms with Crippen LogP contribution in [0.1, 0.15) is 27.7 Å². The molecule has 2 aromatic heterocycles. The summed E-state index contributed by atoms with van der Waals surface area (Å²) in [6.07, 6.45) is 1.41. The first-order chi connectivity index (χ1) is 10.6. The standard InChI is InChI=1S/C15H12N2O5/c18-15(19)14-13(9-4-1-2-5-11(9)16-14)10(8-17(20)21)12-6-3-7-22-12/h1-7,10,16H,8H2,(H,18,19). The maximum Gasteiger partial charge on any atom is 0.352 e. The zero-order chi connectivity index (χ0) is 15.7. The molecule has 0 radical (unpaired) electrons. The van der Waals surface area contributed by atoms with Crippen LogP contribution >= 0.6 is 0 Å². The molecule has 0 amide bonds. The third-order valence-electron chi connectivity index (χ3n) is 3.53. The van der Waals surface area contributed by atoms with Gasteiger partial charge in [-0.15, -0.1) is 0 Å². The Hall–Kier alpha value is -3.09. The normalized spacial score (nSPS) is 12.4. The minimum Gasteiger partial charge on any atom is -0.477 e. The van der Waals surface area contributed by atoms with E-state index in [0.29, 0.717) is 22.2 Å². The monoisotopic (exact) mass is 300 g/mol. The van der Waals surface area contributed by atoms with Crippen molar-refractivity contribution in [2.24, 2.45) is 0 Å². The lowest BCUT2D eigenvalue weighted by Gasteiger charge is -2.11. The van der Waals surface area contributed by atoms with E-state index < -0.39 is 23.4 Å². The van der Waals surface area contributed by atoms with E-state index in [1.165, 1.54) is 6.26 Å². The van der Waals surface area contributed by atoms with Crippen LogP contribution in [0, 0.1) is 10.1 Å². The van der Waals surface area contributed by atoms with Gasteiger partial charge in [0.15, 0.2) is 0 Å². The molecule has 0 bridgehead atoms. The molecule has 0 aliphatic rings. The van der Waals surface area contributed by atoms with E-state index in [1.807, 2.05) is 0 Å². The summed E-state index contributed by atoms with van der Waals surface area (Å²) >= 11 is 0. The van der Waals surface area contributed by atoms with Crippen molar-refractivity contribution in [3.63, 3.8) is 0 Å². The van der Waals surface area contributed by atoms with Crippen molar-refractivity contribution in [2.75, 3.05) is 6.54 Å². The quantitative estimate of drug-likeness (QED) is 0.556. The number of benzene rings is 1. The van der Waals surface area contributed by atoms with Crippen molar-refractivity contribution < 1.29 is 19.2 Å². The van der Waals surface area contributed by atoms with Gasteiger partial charge in [-0.1, -0.05) is 18.2 Å². The van der Waals surface area contributed by atoms with Crippen LogP contribution in [-0.2, 0) is 0 Å². The molecule has 0 aliphatic carbocycles. The van der Waals surface area contributed by atoms with Crippen LogP contribution in [-0.4, -0.2) is 27.5 Å². The maximum atomic E-state index is 11.5. The van der Waals surface area contributed by atoms with E-state index in [4.69, 9.17) is 4.42 Å². The number of carboxylic acid groups (broad SMARTS) is 1. The molecule has 2 N–H and O–H groups in total. The summed E-state index contributed by atoms with van der Waals surface area (Å²) in [4.78, 5) is 24.9. The highest BCUT2D eigenvalue weighted by molar-refractivity contribution is 5.98. The zero-order valence-corrected chi connectivity index (χ0v) is 11.4. The van der Waals surface area contributed by atoms with Gasteiger partial charge in [0.05, 0.1) is 6.26 Å². The fourth-order valence-corrected chi connectivity index (χ4v) is 2.66. The Balaban J connectivity index is 2.26. The SMILES string of the molecule is O=C(O)c1[nH]c2ccccc2c1C(C[N+](=O)[O-])c1ccco1. The van der Waals surface area contributed by atoms with Crippen LogP contribution in [0.4, 0.5) is 0 Å². The van der Waals surface area contributed by atoms with Gasteiger partial charge < -0.3 is 14.5 Å². The number of furan rings is 1. The Morgan fingerprint density at radius 3 is 2.73 bits per heavy atom. The van der Waals surface area contributed by atoms with Gasteiger partial charge >= 0.3 is 5.97 Å². The average Bonchev–Trinajstić information content (AvgIpc) is 3.12. The molecule has 0 aliphatic heterocycles. The first-order valence-corrected chi connectivity index (χ1v) is 6.57. The predicted octanol–water partition coefficient (Wildman–Crippen LogP) is 2.87. The maximum absolute atomic E-state index is 11.5. The second-order valence-corrected chi connectivity index (χ2v) is 4.85. The van der Waals surface area contributed by atoms with E-state index in [1.54, 1.807) is 36.4 Å². The molecule has 0 saturated heterocycles. The molecule has 112 valence electrons. The van der Waals surface area contributed by atoms with Crippen molar-refractivity contribution in [1.29, 1.82) is 0 Å². The molecule has 0 fully saturated rings. The van der Waals surface area contributed by atoms with Crippen LogP contribution in [0.25, 0.3) is 10.9 Å². The Morgan fingerprint density at radius 1 is 1.32 bits per heavy atom. The van der Waals surface area contributed by atoms with Crippen LogP contribution in [0.2, 0.25) is 0 Å². The fourth-order valence-electron chi connectivity index (χ4n) is 2.66. The molecule has 2 heterocycles. The van der Waals surface area contributed by atoms with Gasteiger partial charge in [0.2, 0.25) is 6.54 Å². The first kappa shape index (κ1) is 13.9. The number of hydrogen-bond donors (Lipinski definition) is 2. The van der Waals surface area contributed by atoms with Gasteiger partial charge in [0.1, 0.15) is 17.4 Å². The summed E-state index contributed by atoms with van der Waals surface area (Å²) in [5.74, 6) is -1.57. The summed E-state index contributed by atoms with van der Waals surface area (Å²) in [6, 6.07) is 10.2. The Labute approximate surface area is 124 Å². The number of nitrogens with zero attached hydrogens (tertiary/aromatic N) is 1. The zero-order valence-electron chi connectivity index (χ0n) is 11.4. The number of aromatic nitrogens is 1. The van der Waals surface area contributed by atoms with Gasteiger partial charge in [-0.3, -0.25) is 10.1 Å². The number of H-pyrrole nitrogens is 1. The third kappa shape index (κ3) is 2.32. The summed E-state index contributed by atoms with van der Waals surface area (Å²) in [6.45, 7) is -0.449. The number of hydrogen-bond acceptors (Lipinski definition) is 4. The summed E-state index contributed by atoms with van der Waals surface area (Å²) in [5, 5.41) is 21.1. The summed E-state index contributed by atoms with van der Waals surface area (Å²) in [7, 11) is 0. The first-order valence-electron chi connectivity index (χ1n) is 6.57. The van der Waals surface area contributed by atoms with Crippen molar-refractivity contribution in [2.45, 2.75) is 5.92 Å². The second kappa shape index (κ2) is 5.36. The number of rotatable bonds is 5. The van der Waals surface area contributed by atoms with Crippen molar-refractivity contribution in [3.05, 3.63) is 69.8 Å². The Kier molecular flexibility index (Phi) is 3.38. The Bertz CT molecular complexity index is 835. The fraction of sp³-hybridized carbons (Fsp3) is 0.133. The minimum absolute atomic E-state index is 0.0514. The average molecular weight is 300 g/mol. The van der Waals surface area contributed by atoms with Gasteiger partial charge in [-0.05, 0) is 18.2 Å². The molecule has 1 atom stereocenters. The molecule has 0 saturated carbocycles. The lowest BCUT2D eigenvalue weighted by molar-refractivity contribution is -0.482. The molecule has 0 spiro atoms. The van der Waals surface area contributed by atoms with Gasteiger partial charge in [0.25, 0.3) is 0 Å².